The van der Waals surface area contributed by atoms with Gasteiger partial charge in [-0.1, -0.05) is 0 Å². The van der Waals surface area contributed by atoms with Gasteiger partial charge in [0.15, 0.2) is 0 Å². The van der Waals surface area contributed by atoms with Crippen molar-refractivity contribution >= 4 is 11.8 Å². The minimum Gasteiger partial charge on any atom is -0.497 e. The molecule has 0 unspecified atom stereocenters. The molecular weight excluding hydrogens is 280 g/mol. The highest BCUT2D eigenvalue weighted by Gasteiger charge is 2.23. The monoisotopic (exact) mass is 306 g/mol. The molecular formula is C17H26N2O3. The predicted octanol–water partition coefficient (Wildman–Crippen LogP) is 3.19. The third kappa shape index (κ3) is 4.83. The molecule has 0 bridgehead atoms. The third-order valence-electron chi connectivity index (χ3n) is 3.65. The number of hydrogen-bond acceptors (Lipinski definition) is 4. The Kier molecular flexibility index (Phi) is 5.16. The van der Waals surface area contributed by atoms with Gasteiger partial charge in [-0.05, 0) is 57.9 Å². The lowest BCUT2D eigenvalue weighted by atomic mass is 10.0. The summed E-state index contributed by atoms with van der Waals surface area (Å²) in [5.41, 5.74) is 0.741. The first-order valence-electron chi connectivity index (χ1n) is 7.76. The van der Waals surface area contributed by atoms with Crippen LogP contribution in [0.5, 0.6) is 5.75 Å². The van der Waals surface area contributed by atoms with Crippen LogP contribution in [0.1, 0.15) is 33.6 Å². The van der Waals surface area contributed by atoms with E-state index in [0.717, 1.165) is 31.7 Å². The first-order valence-corrected chi connectivity index (χ1v) is 7.76. The van der Waals surface area contributed by atoms with Crippen LogP contribution >= 0.6 is 0 Å². The van der Waals surface area contributed by atoms with Gasteiger partial charge < -0.3 is 19.7 Å². The first-order chi connectivity index (χ1) is 10.4. The van der Waals surface area contributed by atoms with E-state index in [1.54, 1.807) is 7.11 Å². The Morgan fingerprint density at radius 1 is 1.18 bits per heavy atom. The molecule has 1 saturated heterocycles. The van der Waals surface area contributed by atoms with Crippen LogP contribution in [0.15, 0.2) is 24.3 Å². The molecule has 1 aliphatic rings. The number of ether oxygens (including phenoxy) is 2. The summed E-state index contributed by atoms with van der Waals surface area (Å²) in [7, 11) is 1.67. The topological polar surface area (TPSA) is 50.8 Å². The fraction of sp³-hybridized carbons (Fsp3) is 0.588. The fourth-order valence-corrected chi connectivity index (χ4v) is 2.55. The molecule has 22 heavy (non-hydrogen) atoms. The number of alkyl carbamates (subject to hydrolysis) is 1. The molecule has 5 nitrogen and oxygen atoms in total. The number of hydrogen-bond donors (Lipinski definition) is 1. The molecule has 0 saturated carbocycles. The zero-order chi connectivity index (χ0) is 16.2. The molecule has 0 atom stereocenters. The molecule has 0 aliphatic carbocycles. The second kappa shape index (κ2) is 6.90. The number of carbonyl (C=O) groups excluding carboxylic acids is 1. The zero-order valence-corrected chi connectivity index (χ0v) is 13.9. The van der Waals surface area contributed by atoms with Crippen LogP contribution in [0.4, 0.5) is 10.5 Å². The average molecular weight is 306 g/mol. The summed E-state index contributed by atoms with van der Waals surface area (Å²) in [6, 6.07) is 8.27. The van der Waals surface area contributed by atoms with E-state index in [0.29, 0.717) is 0 Å². The number of benzene rings is 1. The van der Waals surface area contributed by atoms with Crippen molar-refractivity contribution in [3.63, 3.8) is 0 Å². The molecule has 1 fully saturated rings. The Balaban J connectivity index is 1.81. The Hall–Kier alpha value is -1.91. The molecule has 2 rings (SSSR count). The minimum atomic E-state index is -0.451. The van der Waals surface area contributed by atoms with Gasteiger partial charge in [0.05, 0.1) is 7.11 Å². The zero-order valence-electron chi connectivity index (χ0n) is 13.9. The van der Waals surface area contributed by atoms with Gasteiger partial charge in [-0.15, -0.1) is 0 Å². The van der Waals surface area contributed by atoms with E-state index in [9.17, 15) is 4.79 Å². The Bertz CT molecular complexity index is 486. The summed E-state index contributed by atoms with van der Waals surface area (Å²) in [4.78, 5) is 14.1. The van der Waals surface area contributed by atoms with Gasteiger partial charge in [-0.2, -0.15) is 0 Å². The number of anilines is 1. The molecule has 1 heterocycles. The van der Waals surface area contributed by atoms with Crippen molar-refractivity contribution in [1.82, 2.24) is 5.32 Å². The quantitative estimate of drug-likeness (QED) is 0.932. The van der Waals surface area contributed by atoms with Crippen LogP contribution in [0.3, 0.4) is 0 Å². The lowest BCUT2D eigenvalue weighted by Gasteiger charge is -2.34. The smallest absolute Gasteiger partial charge is 0.407 e. The summed E-state index contributed by atoms with van der Waals surface area (Å²) in [6.45, 7) is 7.47. The summed E-state index contributed by atoms with van der Waals surface area (Å²) >= 11 is 0. The maximum absolute atomic E-state index is 11.8. The number of piperidine rings is 1. The van der Waals surface area contributed by atoms with Gasteiger partial charge in [0.1, 0.15) is 11.4 Å². The van der Waals surface area contributed by atoms with Gasteiger partial charge in [-0.25, -0.2) is 4.79 Å². The molecule has 0 spiro atoms. The highest BCUT2D eigenvalue weighted by atomic mass is 16.6. The summed E-state index contributed by atoms with van der Waals surface area (Å²) in [5.74, 6) is 0.866. The van der Waals surface area contributed by atoms with Crippen LogP contribution in [0, 0.1) is 0 Å². The third-order valence-corrected chi connectivity index (χ3v) is 3.65. The van der Waals surface area contributed by atoms with Crippen molar-refractivity contribution < 1.29 is 14.3 Å². The van der Waals surface area contributed by atoms with E-state index < -0.39 is 5.60 Å². The fourth-order valence-electron chi connectivity index (χ4n) is 2.55. The Morgan fingerprint density at radius 3 is 2.27 bits per heavy atom. The van der Waals surface area contributed by atoms with Gasteiger partial charge in [0.2, 0.25) is 0 Å². The molecule has 0 radical (unpaired) electrons. The molecule has 1 aromatic rings. The van der Waals surface area contributed by atoms with Crippen molar-refractivity contribution in [1.29, 1.82) is 0 Å². The second-order valence-corrected chi connectivity index (χ2v) is 6.61. The summed E-state index contributed by atoms with van der Waals surface area (Å²) in [5, 5.41) is 2.96. The van der Waals surface area contributed by atoms with Crippen LogP contribution in [0.2, 0.25) is 0 Å². The second-order valence-electron chi connectivity index (χ2n) is 6.61. The van der Waals surface area contributed by atoms with Crippen LogP contribution in [0.25, 0.3) is 0 Å². The normalized spacial score (nSPS) is 16.3. The predicted molar refractivity (Wildman–Crippen MR) is 87.6 cm³/mol. The summed E-state index contributed by atoms with van der Waals surface area (Å²) in [6.07, 6.45) is 1.52. The van der Waals surface area contributed by atoms with Crippen molar-refractivity contribution in [2.24, 2.45) is 0 Å². The van der Waals surface area contributed by atoms with Gasteiger partial charge in [-0.3, -0.25) is 0 Å². The van der Waals surface area contributed by atoms with Crippen molar-refractivity contribution in [2.45, 2.75) is 45.3 Å². The molecule has 5 heteroatoms. The molecule has 122 valence electrons. The van der Waals surface area contributed by atoms with Crippen LogP contribution in [-0.4, -0.2) is 37.9 Å². The van der Waals surface area contributed by atoms with Crippen molar-refractivity contribution in [3.8, 4) is 5.75 Å². The maximum atomic E-state index is 11.8. The summed E-state index contributed by atoms with van der Waals surface area (Å²) < 4.78 is 10.5. The number of nitrogens with zero attached hydrogens (tertiary/aromatic N) is 1. The SMILES string of the molecule is COc1ccc(N2CCC(NC(=O)OC(C)(C)C)CC2)cc1. The maximum Gasteiger partial charge on any atom is 0.407 e. The number of amides is 1. The van der Waals surface area contributed by atoms with Crippen molar-refractivity contribution in [2.75, 3.05) is 25.1 Å². The van der Waals surface area contributed by atoms with E-state index in [1.165, 1.54) is 5.69 Å². The average Bonchev–Trinajstić information content (AvgIpc) is 2.46. The number of rotatable bonds is 3. The molecule has 0 aromatic heterocycles. The highest BCUT2D eigenvalue weighted by molar-refractivity contribution is 5.68. The van der Waals surface area contributed by atoms with E-state index in [4.69, 9.17) is 9.47 Å². The van der Waals surface area contributed by atoms with Crippen LogP contribution < -0.4 is 15.0 Å². The minimum absolute atomic E-state index is 0.185. The molecule has 1 amide bonds. The standard InChI is InChI=1S/C17H26N2O3/c1-17(2,3)22-16(20)18-13-9-11-19(12-10-13)14-5-7-15(21-4)8-6-14/h5-8,13H,9-12H2,1-4H3,(H,18,20). The number of nitrogens with one attached hydrogen (secondary N) is 1. The Morgan fingerprint density at radius 2 is 1.77 bits per heavy atom. The molecule has 1 aliphatic heterocycles. The van der Waals surface area contributed by atoms with Gasteiger partial charge in [0, 0.05) is 24.8 Å². The highest BCUT2D eigenvalue weighted by Crippen LogP contribution is 2.23. The first kappa shape index (κ1) is 16.5. The van der Waals surface area contributed by atoms with Crippen LogP contribution in [-0.2, 0) is 4.74 Å². The van der Waals surface area contributed by atoms with E-state index in [1.807, 2.05) is 32.9 Å². The van der Waals surface area contributed by atoms with Gasteiger partial charge >= 0.3 is 6.09 Å². The van der Waals surface area contributed by atoms with Gasteiger partial charge in [0.25, 0.3) is 0 Å². The van der Waals surface area contributed by atoms with E-state index >= 15 is 0 Å². The lowest BCUT2D eigenvalue weighted by Crippen LogP contribution is -2.46. The number of carbonyl (C=O) groups is 1. The van der Waals surface area contributed by atoms with E-state index in [-0.39, 0.29) is 12.1 Å². The molecule has 1 N–H and O–H groups in total. The molecule has 1 aromatic carbocycles. The van der Waals surface area contributed by atoms with E-state index in [2.05, 4.69) is 22.3 Å². The number of methoxy groups -OCH3 is 1. The largest absolute Gasteiger partial charge is 0.497 e. The Labute approximate surface area is 132 Å². The van der Waals surface area contributed by atoms with Crippen molar-refractivity contribution in [3.05, 3.63) is 24.3 Å². The lowest BCUT2D eigenvalue weighted by molar-refractivity contribution is 0.0497.